The third-order valence-electron chi connectivity index (χ3n) is 5.36. The lowest BCUT2D eigenvalue weighted by atomic mass is 9.89. The summed E-state index contributed by atoms with van der Waals surface area (Å²) in [4.78, 5) is 12.0. The molecule has 0 bridgehead atoms. The topological polar surface area (TPSA) is 128 Å². The zero-order valence-corrected chi connectivity index (χ0v) is 17.7. The molecular formula is C22H25N5O5. The lowest BCUT2D eigenvalue weighted by Crippen LogP contribution is -2.62. The second kappa shape index (κ2) is 9.25. The quantitative estimate of drug-likeness (QED) is 0.409. The Morgan fingerprint density at radius 1 is 1.09 bits per heavy atom. The van der Waals surface area contributed by atoms with Crippen molar-refractivity contribution in [1.29, 1.82) is 0 Å². The van der Waals surface area contributed by atoms with Gasteiger partial charge in [-0.2, -0.15) is 10.1 Å². The van der Waals surface area contributed by atoms with Crippen molar-refractivity contribution in [3.63, 3.8) is 0 Å². The summed E-state index contributed by atoms with van der Waals surface area (Å²) in [6.45, 7) is 3.80. The smallest absolute Gasteiger partial charge is 0.508 e. The molecule has 0 aromatic heterocycles. The number of phenolic OH excluding ortho intramolecular Hbond substituents is 1. The summed E-state index contributed by atoms with van der Waals surface area (Å²) in [5.41, 5.74) is 4.68. The molecule has 10 nitrogen and oxygen atoms in total. The molecule has 0 aliphatic carbocycles. The molecule has 0 saturated carbocycles. The molecule has 0 radical (unpaired) electrons. The van der Waals surface area contributed by atoms with Crippen molar-refractivity contribution in [2.75, 3.05) is 6.61 Å². The zero-order valence-electron chi connectivity index (χ0n) is 17.7. The summed E-state index contributed by atoms with van der Waals surface area (Å²) in [5, 5.41) is 33.8. The Morgan fingerprint density at radius 2 is 1.81 bits per heavy atom. The molecule has 4 rings (SSSR count). The fourth-order valence-corrected chi connectivity index (χ4v) is 3.86. The van der Waals surface area contributed by atoms with Gasteiger partial charge in [0.1, 0.15) is 11.9 Å². The number of ether oxygens (including phenoxy) is 2. The van der Waals surface area contributed by atoms with Gasteiger partial charge in [0.15, 0.2) is 11.9 Å². The zero-order chi connectivity index (χ0) is 22.7. The highest BCUT2D eigenvalue weighted by Crippen LogP contribution is 2.40. The van der Waals surface area contributed by atoms with Crippen LogP contribution in [-0.4, -0.2) is 40.4 Å². The van der Waals surface area contributed by atoms with Crippen molar-refractivity contribution < 1.29 is 24.5 Å². The van der Waals surface area contributed by atoms with Crippen LogP contribution in [0.4, 0.5) is 10.5 Å². The maximum atomic E-state index is 12.0. The van der Waals surface area contributed by atoms with Crippen LogP contribution in [0.15, 0.2) is 76.4 Å². The van der Waals surface area contributed by atoms with E-state index in [-0.39, 0.29) is 35.9 Å². The molecule has 2 aromatic rings. The van der Waals surface area contributed by atoms with Gasteiger partial charge in [0.2, 0.25) is 5.88 Å². The molecule has 1 saturated heterocycles. The van der Waals surface area contributed by atoms with Crippen molar-refractivity contribution in [3.8, 4) is 5.75 Å². The van der Waals surface area contributed by atoms with Gasteiger partial charge in [-0.25, -0.2) is 4.79 Å². The van der Waals surface area contributed by atoms with Crippen LogP contribution in [0.2, 0.25) is 0 Å². The van der Waals surface area contributed by atoms with E-state index in [4.69, 9.17) is 9.47 Å². The minimum atomic E-state index is -0.790. The number of aromatic hydroxyl groups is 1. The summed E-state index contributed by atoms with van der Waals surface area (Å²) in [6, 6.07) is 15.5. The van der Waals surface area contributed by atoms with Crippen LogP contribution in [-0.2, 0) is 9.47 Å². The Kier molecular flexibility index (Phi) is 6.24. The van der Waals surface area contributed by atoms with Crippen LogP contribution in [0.5, 0.6) is 5.75 Å². The average molecular weight is 439 g/mol. The molecule has 4 N–H and O–H groups in total. The second-order valence-electron chi connectivity index (χ2n) is 7.47. The third-order valence-corrected chi connectivity index (χ3v) is 5.36. The first-order valence-electron chi connectivity index (χ1n) is 10.3. The van der Waals surface area contributed by atoms with E-state index in [9.17, 15) is 15.0 Å². The number of carbonyl (C=O) groups excluding carboxylic acids is 1. The van der Waals surface area contributed by atoms with Crippen LogP contribution in [0, 0.1) is 5.92 Å². The summed E-state index contributed by atoms with van der Waals surface area (Å²) in [6.07, 6.45) is -2.16. The van der Waals surface area contributed by atoms with Gasteiger partial charge in [-0.3, -0.25) is 10.7 Å². The molecule has 32 heavy (non-hydrogen) atoms. The molecule has 0 spiro atoms. The third kappa shape index (κ3) is 4.36. The second-order valence-corrected chi connectivity index (χ2v) is 7.47. The molecule has 168 valence electrons. The molecule has 10 heteroatoms. The van der Waals surface area contributed by atoms with E-state index in [1.807, 2.05) is 25.1 Å². The fourth-order valence-electron chi connectivity index (χ4n) is 3.86. The van der Waals surface area contributed by atoms with Crippen molar-refractivity contribution in [1.82, 2.24) is 15.8 Å². The van der Waals surface area contributed by atoms with Crippen molar-refractivity contribution in [2.24, 2.45) is 16.1 Å². The Hall–Kier alpha value is -3.63. The van der Waals surface area contributed by atoms with Gasteiger partial charge in [-0.15, -0.1) is 5.11 Å². The van der Waals surface area contributed by atoms with E-state index in [0.29, 0.717) is 5.69 Å². The molecule has 2 heterocycles. The van der Waals surface area contributed by atoms with Crippen molar-refractivity contribution >= 4 is 11.8 Å². The number of hydrazine groups is 1. The number of fused-ring (bicyclic) bond motifs is 1. The van der Waals surface area contributed by atoms with Gasteiger partial charge in [-0.05, 0) is 36.8 Å². The van der Waals surface area contributed by atoms with E-state index in [2.05, 4.69) is 21.0 Å². The number of nitrogens with one attached hydrogen (secondary N) is 2. The minimum Gasteiger partial charge on any atom is -0.508 e. The summed E-state index contributed by atoms with van der Waals surface area (Å²) in [5.74, 6) is -0.278. The number of nitrogens with zero attached hydrogens (tertiary/aromatic N) is 3. The van der Waals surface area contributed by atoms with E-state index in [1.165, 1.54) is 0 Å². The molecule has 4 atom stereocenters. The van der Waals surface area contributed by atoms with Gasteiger partial charge in [0.25, 0.3) is 0 Å². The van der Waals surface area contributed by atoms with Gasteiger partial charge in [0, 0.05) is 5.92 Å². The fraction of sp³-hybridized carbons (Fsp3) is 0.318. The first-order valence-corrected chi connectivity index (χ1v) is 10.3. The van der Waals surface area contributed by atoms with Crippen LogP contribution >= 0.6 is 0 Å². The van der Waals surface area contributed by atoms with Gasteiger partial charge in [0.05, 0.1) is 18.3 Å². The molecule has 2 aliphatic heterocycles. The summed E-state index contributed by atoms with van der Waals surface area (Å²) >= 11 is 0. The minimum absolute atomic E-state index is 0.138. The highest BCUT2D eigenvalue weighted by molar-refractivity contribution is 5.60. The predicted molar refractivity (Wildman–Crippen MR) is 114 cm³/mol. The SMILES string of the molecule is CCOC(=O)OC1NC2C(N=Nc3ccccc3)=C(O)NN2C(c2ccc(O)cc2)C1C. The van der Waals surface area contributed by atoms with E-state index < -0.39 is 18.5 Å². The largest absolute Gasteiger partial charge is 0.509 e. The molecule has 2 aromatic carbocycles. The van der Waals surface area contributed by atoms with Crippen molar-refractivity contribution in [3.05, 3.63) is 71.7 Å². The number of phenols is 1. The lowest BCUT2D eigenvalue weighted by molar-refractivity contribution is -0.0923. The molecule has 4 unspecified atom stereocenters. The Labute approximate surface area is 185 Å². The standard InChI is InChI=1S/C22H25N5O5/c1-3-31-22(30)32-21-13(2)18(14-9-11-16(28)12-10-14)27-19(23-21)17(20(29)26-27)25-24-15-7-5-4-6-8-15/h4-13,18-19,21,23,26,28-29H,3H2,1-2H3. The maximum Gasteiger partial charge on any atom is 0.509 e. The predicted octanol–water partition coefficient (Wildman–Crippen LogP) is 3.83. The van der Waals surface area contributed by atoms with Crippen LogP contribution in [0.25, 0.3) is 0 Å². The van der Waals surface area contributed by atoms with Gasteiger partial charge < -0.3 is 19.7 Å². The number of hydrogen-bond donors (Lipinski definition) is 4. The number of aliphatic hydroxyl groups excluding tert-OH is 1. The number of hydrogen-bond acceptors (Lipinski definition) is 10. The van der Waals surface area contributed by atoms with Crippen LogP contribution in [0.3, 0.4) is 0 Å². The number of benzene rings is 2. The summed E-state index contributed by atoms with van der Waals surface area (Å²) < 4.78 is 10.5. The first kappa shape index (κ1) is 21.6. The Morgan fingerprint density at radius 3 is 2.50 bits per heavy atom. The van der Waals surface area contributed by atoms with Crippen LogP contribution < -0.4 is 10.7 Å². The molecule has 1 fully saturated rings. The Balaban J connectivity index is 1.66. The Bertz CT molecular complexity index is 1010. The molecular weight excluding hydrogens is 414 g/mol. The van der Waals surface area contributed by atoms with Gasteiger partial charge >= 0.3 is 6.16 Å². The molecule has 2 aliphatic rings. The van der Waals surface area contributed by atoms with Gasteiger partial charge in [-0.1, -0.05) is 37.3 Å². The summed E-state index contributed by atoms with van der Waals surface area (Å²) in [7, 11) is 0. The van der Waals surface area contributed by atoms with E-state index in [1.54, 1.807) is 48.3 Å². The number of azo groups is 1. The number of rotatable bonds is 5. The normalized spacial score (nSPS) is 25.4. The van der Waals surface area contributed by atoms with Crippen LogP contribution in [0.1, 0.15) is 25.5 Å². The monoisotopic (exact) mass is 439 g/mol. The van der Waals surface area contributed by atoms with E-state index >= 15 is 0 Å². The van der Waals surface area contributed by atoms with E-state index in [0.717, 1.165) is 5.56 Å². The lowest BCUT2D eigenvalue weighted by Gasteiger charge is -2.45. The first-order chi connectivity index (χ1) is 15.5. The van der Waals surface area contributed by atoms with Crippen molar-refractivity contribution in [2.45, 2.75) is 32.3 Å². The maximum absolute atomic E-state index is 12.0. The number of aliphatic hydroxyl groups is 1. The molecule has 0 amide bonds. The average Bonchev–Trinajstić information content (AvgIpc) is 3.09. The highest BCUT2D eigenvalue weighted by atomic mass is 16.7. The highest BCUT2D eigenvalue weighted by Gasteiger charge is 2.49. The number of carbonyl (C=O) groups is 1.